The number of thiocarbonyl (C=S) groups is 1. The Morgan fingerprint density at radius 1 is 1.09 bits per heavy atom. The number of hydrogen-bond donors (Lipinski definition) is 2. The molecule has 2 heterocycles. The molecule has 0 spiro atoms. The summed E-state index contributed by atoms with van der Waals surface area (Å²) in [5, 5.41) is 11.2. The third-order valence-electron chi connectivity index (χ3n) is 5.00. The molecule has 0 aliphatic carbocycles. The molecule has 8 nitrogen and oxygen atoms in total. The molecule has 3 aromatic rings. The molecule has 0 radical (unpaired) electrons. The summed E-state index contributed by atoms with van der Waals surface area (Å²) >= 11 is 6.51. The van der Waals surface area contributed by atoms with Crippen LogP contribution in [0, 0.1) is 26.6 Å². The molecule has 3 rings (SSSR count). The molecule has 0 aliphatic heterocycles. The molecule has 0 saturated heterocycles. The number of halogens is 1. The van der Waals surface area contributed by atoms with Crippen LogP contribution in [0.15, 0.2) is 24.3 Å². The topological polar surface area (TPSA) is 94.5 Å². The smallest absolute Gasteiger partial charge is 0.348 e. The molecule has 2 aromatic heterocycles. The van der Waals surface area contributed by atoms with Crippen molar-refractivity contribution in [2.75, 3.05) is 24.9 Å². The molecule has 0 atom stereocenters. The molecule has 11 heteroatoms. The molecule has 174 valence electrons. The first-order valence-electron chi connectivity index (χ1n) is 9.82. The number of anilines is 2. The minimum absolute atomic E-state index is 0.213. The summed E-state index contributed by atoms with van der Waals surface area (Å²) in [6.07, 6.45) is 0. The number of carbonyl (C=O) groups excluding carboxylic acids is 2. The fraction of sp³-hybridized carbons (Fsp3) is 0.273. The summed E-state index contributed by atoms with van der Waals surface area (Å²) < 4.78 is 24.6. The van der Waals surface area contributed by atoms with Crippen molar-refractivity contribution in [3.8, 4) is 0 Å². The maximum absolute atomic E-state index is 13.2. The van der Waals surface area contributed by atoms with E-state index in [1.54, 1.807) is 23.7 Å². The molecule has 0 saturated carbocycles. The van der Waals surface area contributed by atoms with Crippen molar-refractivity contribution in [3.05, 3.63) is 63.0 Å². The lowest BCUT2D eigenvalue weighted by Crippen LogP contribution is -2.21. The third-order valence-corrected chi connectivity index (χ3v) is 6.39. The Morgan fingerprint density at radius 2 is 1.73 bits per heavy atom. The predicted octanol–water partition coefficient (Wildman–Crippen LogP) is 4.44. The Hall–Kier alpha value is -3.31. The number of esters is 2. The number of nitrogens with zero attached hydrogens (tertiary/aromatic N) is 2. The lowest BCUT2D eigenvalue weighted by Gasteiger charge is -2.11. The normalized spacial score (nSPS) is 10.6. The number of aromatic nitrogens is 2. The van der Waals surface area contributed by atoms with E-state index in [0.29, 0.717) is 28.5 Å². The summed E-state index contributed by atoms with van der Waals surface area (Å²) in [5.41, 5.74) is 3.81. The fourth-order valence-electron chi connectivity index (χ4n) is 3.28. The summed E-state index contributed by atoms with van der Waals surface area (Å²) in [6.45, 7) is 5.83. The van der Waals surface area contributed by atoms with E-state index in [4.69, 9.17) is 21.7 Å². The van der Waals surface area contributed by atoms with Crippen molar-refractivity contribution in [2.45, 2.75) is 27.3 Å². The average Bonchev–Trinajstić information content (AvgIpc) is 3.24. The van der Waals surface area contributed by atoms with Crippen molar-refractivity contribution in [3.63, 3.8) is 0 Å². The van der Waals surface area contributed by atoms with Crippen LogP contribution < -0.4 is 10.6 Å². The zero-order valence-electron chi connectivity index (χ0n) is 18.7. The summed E-state index contributed by atoms with van der Waals surface area (Å²) in [6, 6.07) is 6.22. The Labute approximate surface area is 199 Å². The Morgan fingerprint density at radius 3 is 2.33 bits per heavy atom. The zero-order chi connectivity index (χ0) is 24.3. The minimum Gasteiger partial charge on any atom is -0.465 e. The lowest BCUT2D eigenvalue weighted by molar-refractivity contribution is 0.0601. The quantitative estimate of drug-likeness (QED) is 0.387. The Bertz CT molecular complexity index is 1220. The van der Waals surface area contributed by atoms with Gasteiger partial charge in [-0.05, 0) is 56.2 Å². The van der Waals surface area contributed by atoms with Gasteiger partial charge in [0.2, 0.25) is 0 Å². The van der Waals surface area contributed by atoms with E-state index in [1.165, 1.54) is 26.4 Å². The predicted molar refractivity (Wildman–Crippen MR) is 129 cm³/mol. The summed E-state index contributed by atoms with van der Waals surface area (Å²) in [4.78, 5) is 24.7. The first kappa shape index (κ1) is 24.3. The number of benzene rings is 1. The standard InChI is InChI=1S/C22H23FN4O4S2/c1-11-16(20(28)30-4)19(33-18(11)21(29)31-5)25-22(32)24-17-12(2)26-27(13(17)3)10-14-6-8-15(23)9-7-14/h6-9H,10H2,1-5H3,(H2,24,25,32). The molecule has 0 fully saturated rings. The fourth-order valence-corrected chi connectivity index (χ4v) is 4.67. The van der Waals surface area contributed by atoms with Gasteiger partial charge in [0.25, 0.3) is 0 Å². The zero-order valence-corrected chi connectivity index (χ0v) is 20.4. The highest BCUT2D eigenvalue weighted by Crippen LogP contribution is 2.34. The molecule has 2 N–H and O–H groups in total. The molecule has 0 bridgehead atoms. The van der Waals surface area contributed by atoms with Crippen LogP contribution >= 0.6 is 23.6 Å². The first-order chi connectivity index (χ1) is 15.7. The number of hydrogen-bond acceptors (Lipinski definition) is 7. The summed E-state index contributed by atoms with van der Waals surface area (Å²) in [7, 11) is 2.54. The largest absolute Gasteiger partial charge is 0.465 e. The van der Waals surface area contributed by atoms with E-state index in [2.05, 4.69) is 15.7 Å². The van der Waals surface area contributed by atoms with Gasteiger partial charge in [0.15, 0.2) is 5.11 Å². The van der Waals surface area contributed by atoms with E-state index >= 15 is 0 Å². The van der Waals surface area contributed by atoms with Gasteiger partial charge in [-0.15, -0.1) is 11.3 Å². The van der Waals surface area contributed by atoms with Gasteiger partial charge in [0.05, 0.1) is 43.4 Å². The van der Waals surface area contributed by atoms with Crippen LogP contribution in [0.4, 0.5) is 15.1 Å². The van der Waals surface area contributed by atoms with Crippen molar-refractivity contribution in [1.29, 1.82) is 0 Å². The van der Waals surface area contributed by atoms with Crippen molar-refractivity contribution in [1.82, 2.24) is 9.78 Å². The minimum atomic E-state index is -0.594. The maximum atomic E-state index is 13.2. The molecule has 0 unspecified atom stereocenters. The van der Waals surface area contributed by atoms with E-state index in [-0.39, 0.29) is 21.4 Å². The summed E-state index contributed by atoms with van der Waals surface area (Å²) in [5.74, 6) is -1.44. The highest BCUT2D eigenvalue weighted by Gasteiger charge is 2.26. The number of rotatable bonds is 6. The van der Waals surface area contributed by atoms with Gasteiger partial charge in [-0.2, -0.15) is 5.10 Å². The van der Waals surface area contributed by atoms with Crippen LogP contribution in [0.1, 0.15) is 42.5 Å². The highest BCUT2D eigenvalue weighted by molar-refractivity contribution is 7.80. The van der Waals surface area contributed by atoms with Gasteiger partial charge in [0.1, 0.15) is 15.7 Å². The van der Waals surface area contributed by atoms with Gasteiger partial charge in [0, 0.05) is 0 Å². The van der Waals surface area contributed by atoms with Gasteiger partial charge in [-0.1, -0.05) is 12.1 Å². The van der Waals surface area contributed by atoms with Crippen molar-refractivity contribution in [2.24, 2.45) is 0 Å². The second kappa shape index (κ2) is 10.1. The van der Waals surface area contributed by atoms with Gasteiger partial charge in [-0.3, -0.25) is 4.68 Å². The average molecular weight is 491 g/mol. The Balaban J connectivity index is 1.83. The molecular formula is C22H23FN4O4S2. The van der Waals surface area contributed by atoms with Gasteiger partial charge >= 0.3 is 11.9 Å². The number of carbonyl (C=O) groups is 2. The molecule has 33 heavy (non-hydrogen) atoms. The lowest BCUT2D eigenvalue weighted by atomic mass is 10.1. The molecule has 0 amide bonds. The van der Waals surface area contributed by atoms with Crippen LogP contribution in [0.3, 0.4) is 0 Å². The van der Waals surface area contributed by atoms with E-state index < -0.39 is 11.9 Å². The number of ether oxygens (including phenoxy) is 2. The van der Waals surface area contributed by atoms with Gasteiger partial charge < -0.3 is 20.1 Å². The number of aryl methyl sites for hydroxylation is 1. The second-order valence-corrected chi connectivity index (χ2v) is 8.58. The van der Waals surface area contributed by atoms with E-state index in [1.807, 2.05) is 13.8 Å². The van der Waals surface area contributed by atoms with Crippen LogP contribution in [0.25, 0.3) is 0 Å². The Kier molecular flexibility index (Phi) is 7.44. The van der Waals surface area contributed by atoms with Crippen molar-refractivity contribution < 1.29 is 23.5 Å². The van der Waals surface area contributed by atoms with Crippen LogP contribution in [-0.2, 0) is 16.0 Å². The third kappa shape index (κ3) is 5.20. The monoisotopic (exact) mass is 490 g/mol. The molecule has 1 aromatic carbocycles. The van der Waals surface area contributed by atoms with Crippen molar-refractivity contribution >= 4 is 51.3 Å². The highest BCUT2D eigenvalue weighted by atomic mass is 32.1. The molecule has 0 aliphatic rings. The van der Waals surface area contributed by atoms with Crippen LogP contribution in [0.2, 0.25) is 0 Å². The second-order valence-electron chi connectivity index (χ2n) is 7.15. The van der Waals surface area contributed by atoms with E-state index in [9.17, 15) is 14.0 Å². The molecular weight excluding hydrogens is 467 g/mol. The number of nitrogens with one attached hydrogen (secondary N) is 2. The van der Waals surface area contributed by atoms with E-state index in [0.717, 1.165) is 22.6 Å². The number of thiophene rings is 1. The van der Waals surface area contributed by atoms with Gasteiger partial charge in [-0.25, -0.2) is 14.0 Å². The SMILES string of the molecule is COC(=O)c1sc(NC(=S)Nc2c(C)nn(Cc3ccc(F)cc3)c2C)c(C(=O)OC)c1C. The van der Waals surface area contributed by atoms with Crippen LogP contribution in [0.5, 0.6) is 0 Å². The number of methoxy groups -OCH3 is 2. The maximum Gasteiger partial charge on any atom is 0.348 e. The first-order valence-corrected chi connectivity index (χ1v) is 11.0. The van der Waals surface area contributed by atoms with Crippen LogP contribution in [-0.4, -0.2) is 41.1 Å².